The standard InChI is InChI=1S/C10H12BrN5/c1-6-7(2)14-15-10(9(6)3-12)16-5-8(11)4-13-16/h4-5H,3,12H2,1-2H3. The van der Waals surface area contributed by atoms with Crippen molar-refractivity contribution in [3.05, 3.63) is 33.7 Å². The van der Waals surface area contributed by atoms with Crippen LogP contribution in [0.5, 0.6) is 0 Å². The monoisotopic (exact) mass is 281 g/mol. The number of hydrogen-bond donors (Lipinski definition) is 1. The van der Waals surface area contributed by atoms with Crippen LogP contribution in [0.15, 0.2) is 16.9 Å². The van der Waals surface area contributed by atoms with Crippen LogP contribution >= 0.6 is 15.9 Å². The highest BCUT2D eigenvalue weighted by atomic mass is 79.9. The molecule has 2 aromatic heterocycles. The summed E-state index contributed by atoms with van der Waals surface area (Å²) in [7, 11) is 0. The number of nitrogens with zero attached hydrogens (tertiary/aromatic N) is 4. The minimum atomic E-state index is 0.426. The van der Waals surface area contributed by atoms with Crippen molar-refractivity contribution >= 4 is 15.9 Å². The molecular formula is C10H12BrN5. The highest BCUT2D eigenvalue weighted by molar-refractivity contribution is 9.10. The molecule has 0 aliphatic carbocycles. The zero-order chi connectivity index (χ0) is 11.7. The molecule has 0 spiro atoms. The van der Waals surface area contributed by atoms with Crippen LogP contribution in [0.25, 0.3) is 5.82 Å². The van der Waals surface area contributed by atoms with E-state index < -0.39 is 0 Å². The van der Waals surface area contributed by atoms with Crippen LogP contribution in [-0.2, 0) is 6.54 Å². The lowest BCUT2D eigenvalue weighted by Gasteiger charge is -2.10. The smallest absolute Gasteiger partial charge is 0.180 e. The summed E-state index contributed by atoms with van der Waals surface area (Å²) in [4.78, 5) is 0. The average Bonchev–Trinajstić information content (AvgIpc) is 2.68. The van der Waals surface area contributed by atoms with Crippen molar-refractivity contribution in [2.75, 3.05) is 0 Å². The molecule has 0 saturated carbocycles. The summed E-state index contributed by atoms with van der Waals surface area (Å²) < 4.78 is 2.57. The highest BCUT2D eigenvalue weighted by Gasteiger charge is 2.12. The lowest BCUT2D eigenvalue weighted by molar-refractivity contribution is 0.775. The third-order valence-electron chi connectivity index (χ3n) is 2.53. The second kappa shape index (κ2) is 4.31. The minimum absolute atomic E-state index is 0.426. The van der Waals surface area contributed by atoms with Gasteiger partial charge in [0.15, 0.2) is 5.82 Å². The van der Waals surface area contributed by atoms with E-state index in [1.54, 1.807) is 10.9 Å². The number of halogens is 1. The largest absolute Gasteiger partial charge is 0.326 e. The van der Waals surface area contributed by atoms with E-state index in [1.807, 2.05) is 20.0 Å². The summed E-state index contributed by atoms with van der Waals surface area (Å²) in [5.41, 5.74) is 8.69. The quantitative estimate of drug-likeness (QED) is 0.906. The Morgan fingerprint density at radius 3 is 2.69 bits per heavy atom. The number of aromatic nitrogens is 4. The van der Waals surface area contributed by atoms with Crippen LogP contribution in [0.4, 0.5) is 0 Å². The second-order valence-electron chi connectivity index (χ2n) is 3.52. The van der Waals surface area contributed by atoms with E-state index in [4.69, 9.17) is 5.73 Å². The van der Waals surface area contributed by atoms with Crippen LogP contribution in [0, 0.1) is 13.8 Å². The van der Waals surface area contributed by atoms with Crippen LogP contribution in [0.3, 0.4) is 0 Å². The maximum absolute atomic E-state index is 5.74. The third kappa shape index (κ3) is 1.85. The van der Waals surface area contributed by atoms with Crippen molar-refractivity contribution in [3.8, 4) is 5.82 Å². The Kier molecular flexibility index (Phi) is 3.02. The van der Waals surface area contributed by atoms with E-state index in [1.165, 1.54) is 0 Å². The van der Waals surface area contributed by atoms with Crippen molar-refractivity contribution < 1.29 is 0 Å². The van der Waals surface area contributed by atoms with Crippen molar-refractivity contribution in [2.45, 2.75) is 20.4 Å². The molecular weight excluding hydrogens is 270 g/mol. The van der Waals surface area contributed by atoms with Gasteiger partial charge >= 0.3 is 0 Å². The van der Waals surface area contributed by atoms with Gasteiger partial charge in [-0.2, -0.15) is 10.2 Å². The first kappa shape index (κ1) is 11.2. The molecule has 0 aromatic carbocycles. The maximum Gasteiger partial charge on any atom is 0.180 e. The van der Waals surface area contributed by atoms with E-state index >= 15 is 0 Å². The van der Waals surface area contributed by atoms with Gasteiger partial charge in [0.2, 0.25) is 0 Å². The van der Waals surface area contributed by atoms with Crippen molar-refractivity contribution in [1.82, 2.24) is 20.0 Å². The predicted octanol–water partition coefficient (Wildman–Crippen LogP) is 1.50. The molecule has 6 heteroatoms. The van der Waals surface area contributed by atoms with E-state index in [0.717, 1.165) is 21.3 Å². The van der Waals surface area contributed by atoms with E-state index in [2.05, 4.69) is 31.2 Å². The van der Waals surface area contributed by atoms with Gasteiger partial charge < -0.3 is 5.73 Å². The molecule has 0 radical (unpaired) electrons. The molecule has 5 nitrogen and oxygen atoms in total. The van der Waals surface area contributed by atoms with Gasteiger partial charge in [-0.15, -0.1) is 5.10 Å². The zero-order valence-electron chi connectivity index (χ0n) is 9.11. The molecule has 2 rings (SSSR count). The number of nitrogens with two attached hydrogens (primary N) is 1. The SMILES string of the molecule is Cc1nnc(-n2cc(Br)cn2)c(CN)c1C. The maximum atomic E-state index is 5.74. The van der Waals surface area contributed by atoms with Gasteiger partial charge in [0.1, 0.15) is 0 Å². The van der Waals surface area contributed by atoms with E-state index in [-0.39, 0.29) is 0 Å². The summed E-state index contributed by atoms with van der Waals surface area (Å²) in [6, 6.07) is 0. The van der Waals surface area contributed by atoms with Crippen LogP contribution < -0.4 is 5.73 Å². The summed E-state index contributed by atoms with van der Waals surface area (Å²) >= 11 is 3.35. The lowest BCUT2D eigenvalue weighted by atomic mass is 10.1. The van der Waals surface area contributed by atoms with Crippen molar-refractivity contribution in [1.29, 1.82) is 0 Å². The fourth-order valence-corrected chi connectivity index (χ4v) is 1.77. The summed E-state index contributed by atoms with van der Waals surface area (Å²) in [5, 5.41) is 12.4. The predicted molar refractivity (Wildman–Crippen MR) is 64.2 cm³/mol. The molecule has 2 N–H and O–H groups in total. The molecule has 0 aliphatic rings. The molecule has 2 aromatic rings. The van der Waals surface area contributed by atoms with E-state index in [9.17, 15) is 0 Å². The average molecular weight is 282 g/mol. The molecule has 0 bridgehead atoms. The second-order valence-corrected chi connectivity index (χ2v) is 4.44. The Bertz CT molecular complexity index is 520. The number of aryl methyl sites for hydroxylation is 1. The Morgan fingerprint density at radius 2 is 2.12 bits per heavy atom. The van der Waals surface area contributed by atoms with E-state index in [0.29, 0.717) is 12.4 Å². The fourth-order valence-electron chi connectivity index (χ4n) is 1.49. The molecule has 0 amide bonds. The lowest BCUT2D eigenvalue weighted by Crippen LogP contribution is -2.12. The van der Waals surface area contributed by atoms with Crippen LogP contribution in [0.2, 0.25) is 0 Å². The zero-order valence-corrected chi connectivity index (χ0v) is 10.7. The first-order valence-electron chi connectivity index (χ1n) is 4.87. The van der Waals surface area contributed by atoms with Gasteiger partial charge in [0.25, 0.3) is 0 Å². The summed E-state index contributed by atoms with van der Waals surface area (Å²) in [6.07, 6.45) is 3.54. The Morgan fingerprint density at radius 1 is 1.38 bits per heavy atom. The van der Waals surface area contributed by atoms with Gasteiger partial charge in [0.05, 0.1) is 16.4 Å². The first-order valence-corrected chi connectivity index (χ1v) is 5.66. The number of rotatable bonds is 2. The molecule has 2 heterocycles. The fraction of sp³-hybridized carbons (Fsp3) is 0.300. The molecule has 0 atom stereocenters. The molecule has 16 heavy (non-hydrogen) atoms. The molecule has 0 unspecified atom stereocenters. The molecule has 0 aliphatic heterocycles. The third-order valence-corrected chi connectivity index (χ3v) is 2.94. The summed E-state index contributed by atoms with van der Waals surface area (Å²) in [6.45, 7) is 4.34. The molecule has 84 valence electrons. The molecule has 0 fully saturated rings. The Balaban J connectivity index is 2.61. The van der Waals surface area contributed by atoms with Crippen molar-refractivity contribution in [3.63, 3.8) is 0 Å². The highest BCUT2D eigenvalue weighted by Crippen LogP contribution is 2.18. The van der Waals surface area contributed by atoms with Crippen LogP contribution in [0.1, 0.15) is 16.8 Å². The Labute approximate surface area is 102 Å². The first-order chi connectivity index (χ1) is 7.63. The number of hydrogen-bond acceptors (Lipinski definition) is 4. The Hall–Kier alpha value is -1.27. The topological polar surface area (TPSA) is 69.6 Å². The van der Waals surface area contributed by atoms with Gasteiger partial charge in [0, 0.05) is 18.3 Å². The molecule has 0 saturated heterocycles. The van der Waals surface area contributed by atoms with Gasteiger partial charge in [-0.25, -0.2) is 4.68 Å². The van der Waals surface area contributed by atoms with Crippen molar-refractivity contribution in [2.24, 2.45) is 5.73 Å². The minimum Gasteiger partial charge on any atom is -0.326 e. The van der Waals surface area contributed by atoms with Gasteiger partial charge in [-0.3, -0.25) is 0 Å². The normalized spacial score (nSPS) is 10.8. The van der Waals surface area contributed by atoms with Gasteiger partial charge in [-0.1, -0.05) is 0 Å². The van der Waals surface area contributed by atoms with Crippen LogP contribution in [-0.4, -0.2) is 20.0 Å². The van der Waals surface area contributed by atoms with Gasteiger partial charge in [-0.05, 0) is 35.3 Å². The summed E-state index contributed by atoms with van der Waals surface area (Å²) in [5.74, 6) is 0.691.